The van der Waals surface area contributed by atoms with Crippen molar-refractivity contribution in [1.82, 2.24) is 19.9 Å². The minimum absolute atomic E-state index is 0.0249. The van der Waals surface area contributed by atoms with E-state index in [2.05, 4.69) is 15.0 Å². The second kappa shape index (κ2) is 7.17. The van der Waals surface area contributed by atoms with E-state index >= 15 is 0 Å². The number of aromatic nitrogens is 3. The standard InChI is InChI=1S/C19H26N4O4/c1-11-12(2)26-16(21-11)14-9-20-17(25-6)22-15(14)13-7-8-23(10-13)18(24)27-19(3,4)5/h9,13H,7-8,10H2,1-6H3. The third-order valence-corrected chi connectivity index (χ3v) is 4.46. The van der Waals surface area contributed by atoms with Crippen molar-refractivity contribution in [3.05, 3.63) is 23.3 Å². The van der Waals surface area contributed by atoms with Gasteiger partial charge in [-0.05, 0) is 41.0 Å². The summed E-state index contributed by atoms with van der Waals surface area (Å²) in [6, 6.07) is 0.282. The number of carbonyl (C=O) groups is 1. The van der Waals surface area contributed by atoms with Gasteiger partial charge in [-0.3, -0.25) is 0 Å². The second-order valence-electron chi connectivity index (χ2n) is 7.73. The molecule has 2 aromatic heterocycles. The topological polar surface area (TPSA) is 90.6 Å². The number of carbonyl (C=O) groups excluding carboxylic acids is 1. The van der Waals surface area contributed by atoms with Crippen molar-refractivity contribution in [1.29, 1.82) is 0 Å². The number of hydrogen-bond acceptors (Lipinski definition) is 7. The molecule has 2 aromatic rings. The van der Waals surface area contributed by atoms with Crippen LogP contribution in [0.3, 0.4) is 0 Å². The van der Waals surface area contributed by atoms with Crippen LogP contribution in [0.1, 0.15) is 50.3 Å². The molecule has 146 valence electrons. The largest absolute Gasteiger partial charge is 0.467 e. The first kappa shape index (κ1) is 19.1. The Kier molecular flexibility index (Phi) is 5.08. The highest BCUT2D eigenvalue weighted by atomic mass is 16.6. The van der Waals surface area contributed by atoms with Crippen molar-refractivity contribution >= 4 is 6.09 Å². The van der Waals surface area contributed by atoms with E-state index in [9.17, 15) is 4.79 Å². The molecule has 1 saturated heterocycles. The number of ether oxygens (including phenoxy) is 2. The molecule has 1 aliphatic rings. The van der Waals surface area contributed by atoms with Gasteiger partial charge in [-0.15, -0.1) is 0 Å². The molecule has 0 aliphatic carbocycles. The number of nitrogens with zero attached hydrogens (tertiary/aromatic N) is 4. The minimum atomic E-state index is -0.522. The van der Waals surface area contributed by atoms with Crippen LogP contribution in [0.25, 0.3) is 11.5 Å². The fourth-order valence-corrected chi connectivity index (χ4v) is 3.02. The molecular weight excluding hydrogens is 348 g/mol. The van der Waals surface area contributed by atoms with Crippen LogP contribution in [0.5, 0.6) is 6.01 Å². The van der Waals surface area contributed by atoms with Crippen LogP contribution >= 0.6 is 0 Å². The van der Waals surface area contributed by atoms with E-state index in [1.54, 1.807) is 11.1 Å². The summed E-state index contributed by atoms with van der Waals surface area (Å²) in [5.41, 5.74) is 1.80. The molecule has 0 spiro atoms. The number of oxazole rings is 1. The van der Waals surface area contributed by atoms with Gasteiger partial charge in [-0.2, -0.15) is 4.98 Å². The molecule has 0 saturated carbocycles. The van der Waals surface area contributed by atoms with Crippen LogP contribution in [0.2, 0.25) is 0 Å². The SMILES string of the molecule is COc1ncc(-c2nc(C)c(C)o2)c(C2CCN(C(=O)OC(C)(C)C)C2)n1. The molecule has 1 amide bonds. The van der Waals surface area contributed by atoms with Crippen molar-refractivity contribution in [2.45, 2.75) is 52.6 Å². The van der Waals surface area contributed by atoms with Crippen molar-refractivity contribution < 1.29 is 18.7 Å². The Morgan fingerprint density at radius 3 is 2.63 bits per heavy atom. The predicted molar refractivity (Wildman–Crippen MR) is 98.7 cm³/mol. The first-order chi connectivity index (χ1) is 12.7. The average Bonchev–Trinajstić information content (AvgIpc) is 3.20. The quantitative estimate of drug-likeness (QED) is 0.812. The highest BCUT2D eigenvalue weighted by Gasteiger charge is 2.33. The Hall–Kier alpha value is -2.64. The number of rotatable bonds is 3. The fraction of sp³-hybridized carbons (Fsp3) is 0.579. The second-order valence-corrected chi connectivity index (χ2v) is 7.73. The Balaban J connectivity index is 1.88. The number of likely N-dealkylation sites (tertiary alicyclic amines) is 1. The molecule has 1 aliphatic heterocycles. The van der Waals surface area contributed by atoms with E-state index in [1.807, 2.05) is 34.6 Å². The zero-order valence-electron chi connectivity index (χ0n) is 16.7. The van der Waals surface area contributed by atoms with Gasteiger partial charge in [-0.1, -0.05) is 0 Å². The zero-order chi connectivity index (χ0) is 19.8. The highest BCUT2D eigenvalue weighted by molar-refractivity contribution is 5.69. The average molecular weight is 374 g/mol. The van der Waals surface area contributed by atoms with Crippen molar-refractivity contribution in [2.24, 2.45) is 0 Å². The van der Waals surface area contributed by atoms with E-state index in [1.165, 1.54) is 7.11 Å². The summed E-state index contributed by atoms with van der Waals surface area (Å²) in [4.78, 5) is 27.3. The van der Waals surface area contributed by atoms with Crippen molar-refractivity contribution in [3.63, 3.8) is 0 Å². The molecule has 1 atom stereocenters. The predicted octanol–water partition coefficient (Wildman–Crippen LogP) is 3.48. The zero-order valence-corrected chi connectivity index (χ0v) is 16.7. The lowest BCUT2D eigenvalue weighted by atomic mass is 10.0. The van der Waals surface area contributed by atoms with Gasteiger partial charge in [0.25, 0.3) is 0 Å². The fourth-order valence-electron chi connectivity index (χ4n) is 3.02. The maximum absolute atomic E-state index is 12.4. The highest BCUT2D eigenvalue weighted by Crippen LogP contribution is 2.34. The van der Waals surface area contributed by atoms with Gasteiger partial charge in [0.2, 0.25) is 5.89 Å². The third kappa shape index (κ3) is 4.20. The van der Waals surface area contributed by atoms with Gasteiger partial charge >= 0.3 is 12.1 Å². The summed E-state index contributed by atoms with van der Waals surface area (Å²) in [5, 5.41) is 0. The maximum Gasteiger partial charge on any atom is 0.410 e. The van der Waals surface area contributed by atoms with E-state index in [-0.39, 0.29) is 18.0 Å². The molecule has 0 N–H and O–H groups in total. The summed E-state index contributed by atoms with van der Waals surface area (Å²) in [6.07, 6.45) is 2.13. The number of methoxy groups -OCH3 is 1. The smallest absolute Gasteiger partial charge is 0.410 e. The minimum Gasteiger partial charge on any atom is -0.467 e. The molecule has 1 unspecified atom stereocenters. The lowest BCUT2D eigenvalue weighted by Gasteiger charge is -2.24. The molecule has 0 bridgehead atoms. The number of hydrogen-bond donors (Lipinski definition) is 0. The van der Waals surface area contributed by atoms with Gasteiger partial charge in [0.1, 0.15) is 11.4 Å². The lowest BCUT2D eigenvalue weighted by molar-refractivity contribution is 0.0292. The molecule has 8 heteroatoms. The summed E-state index contributed by atoms with van der Waals surface area (Å²) >= 11 is 0. The van der Waals surface area contributed by atoms with E-state index in [0.717, 1.165) is 29.1 Å². The number of aryl methyl sites for hydroxylation is 2. The van der Waals surface area contributed by atoms with Gasteiger partial charge in [0.05, 0.1) is 24.1 Å². The monoisotopic (exact) mass is 374 g/mol. The molecule has 1 fully saturated rings. The summed E-state index contributed by atoms with van der Waals surface area (Å²) in [6.45, 7) is 10.5. The molecule has 3 rings (SSSR count). The molecule has 8 nitrogen and oxygen atoms in total. The van der Waals surface area contributed by atoms with Crippen LogP contribution in [0.4, 0.5) is 4.79 Å². The third-order valence-electron chi connectivity index (χ3n) is 4.46. The Labute approximate surface area is 158 Å². The van der Waals surface area contributed by atoms with E-state index < -0.39 is 5.60 Å². The van der Waals surface area contributed by atoms with E-state index in [4.69, 9.17) is 13.9 Å². The first-order valence-corrected chi connectivity index (χ1v) is 9.01. The molecular formula is C19H26N4O4. The van der Waals surface area contributed by atoms with Gasteiger partial charge in [0, 0.05) is 25.2 Å². The van der Waals surface area contributed by atoms with Crippen LogP contribution in [0.15, 0.2) is 10.6 Å². The van der Waals surface area contributed by atoms with Gasteiger partial charge in [-0.25, -0.2) is 14.8 Å². The Morgan fingerprint density at radius 1 is 1.30 bits per heavy atom. The molecule has 0 radical (unpaired) electrons. The van der Waals surface area contributed by atoms with Crippen LogP contribution in [-0.2, 0) is 4.74 Å². The first-order valence-electron chi connectivity index (χ1n) is 9.01. The normalized spacial score (nSPS) is 17.3. The molecule has 0 aromatic carbocycles. The molecule has 3 heterocycles. The summed E-state index contributed by atoms with van der Waals surface area (Å²) in [7, 11) is 1.53. The van der Waals surface area contributed by atoms with Gasteiger partial charge < -0.3 is 18.8 Å². The Bertz CT molecular complexity index is 821. The summed E-state index contributed by atoms with van der Waals surface area (Å²) in [5.74, 6) is 1.27. The van der Waals surface area contributed by atoms with Crippen LogP contribution < -0.4 is 4.74 Å². The van der Waals surface area contributed by atoms with Crippen molar-refractivity contribution in [2.75, 3.05) is 20.2 Å². The molecule has 27 heavy (non-hydrogen) atoms. The van der Waals surface area contributed by atoms with Crippen LogP contribution in [-0.4, -0.2) is 51.7 Å². The number of amides is 1. The summed E-state index contributed by atoms with van der Waals surface area (Å²) < 4.78 is 16.5. The van der Waals surface area contributed by atoms with Crippen LogP contribution in [0, 0.1) is 13.8 Å². The Morgan fingerprint density at radius 2 is 2.04 bits per heavy atom. The maximum atomic E-state index is 12.4. The van der Waals surface area contributed by atoms with Gasteiger partial charge in [0.15, 0.2) is 0 Å². The van der Waals surface area contributed by atoms with Crippen molar-refractivity contribution in [3.8, 4) is 17.5 Å². The lowest BCUT2D eigenvalue weighted by Crippen LogP contribution is -2.35. The van der Waals surface area contributed by atoms with E-state index in [0.29, 0.717) is 19.0 Å².